The Balaban J connectivity index is 1.89. The zero-order chi connectivity index (χ0) is 11.6. The molecule has 0 saturated carbocycles. The quantitative estimate of drug-likeness (QED) is 0.743. The Morgan fingerprint density at radius 2 is 2.50 bits per heavy atom. The molecular formula is C13H21NO2. The van der Waals surface area contributed by atoms with Crippen LogP contribution in [0.3, 0.4) is 0 Å². The molecule has 0 aromatic heterocycles. The molecule has 2 aliphatic rings. The normalized spacial score (nSPS) is 33.9. The van der Waals surface area contributed by atoms with E-state index < -0.39 is 0 Å². The van der Waals surface area contributed by atoms with Crippen molar-refractivity contribution in [1.82, 2.24) is 5.32 Å². The van der Waals surface area contributed by atoms with Crippen molar-refractivity contribution < 1.29 is 9.53 Å². The largest absolute Gasteiger partial charge is 0.379 e. The maximum absolute atomic E-state index is 12.2. The van der Waals surface area contributed by atoms with E-state index in [2.05, 4.69) is 25.2 Å². The van der Waals surface area contributed by atoms with Gasteiger partial charge in [0.25, 0.3) is 0 Å². The Labute approximate surface area is 97.2 Å². The van der Waals surface area contributed by atoms with E-state index in [0.29, 0.717) is 6.61 Å². The minimum atomic E-state index is -0.214. The first-order valence-electron chi connectivity index (χ1n) is 6.20. The lowest BCUT2D eigenvalue weighted by Gasteiger charge is -2.25. The summed E-state index contributed by atoms with van der Waals surface area (Å²) >= 11 is 0. The number of amides is 1. The van der Waals surface area contributed by atoms with Crippen LogP contribution in [0.4, 0.5) is 0 Å². The number of hydrogen-bond acceptors (Lipinski definition) is 2. The zero-order valence-corrected chi connectivity index (χ0v) is 10.2. The van der Waals surface area contributed by atoms with Gasteiger partial charge in [-0.1, -0.05) is 25.5 Å². The van der Waals surface area contributed by atoms with Crippen molar-refractivity contribution in [2.75, 3.05) is 13.2 Å². The highest BCUT2D eigenvalue weighted by atomic mass is 16.5. The summed E-state index contributed by atoms with van der Waals surface area (Å²) in [5.74, 6) is 0.197. The molecule has 0 spiro atoms. The molecule has 16 heavy (non-hydrogen) atoms. The molecule has 1 aliphatic carbocycles. The Bertz CT molecular complexity index is 305. The number of rotatable bonds is 3. The van der Waals surface area contributed by atoms with Crippen LogP contribution in [0.25, 0.3) is 0 Å². The van der Waals surface area contributed by atoms with E-state index >= 15 is 0 Å². The molecule has 1 saturated heterocycles. The van der Waals surface area contributed by atoms with Crippen molar-refractivity contribution in [3.8, 4) is 0 Å². The van der Waals surface area contributed by atoms with Crippen molar-refractivity contribution in [3.05, 3.63) is 11.6 Å². The van der Waals surface area contributed by atoms with Crippen LogP contribution in [-0.4, -0.2) is 25.2 Å². The predicted molar refractivity (Wildman–Crippen MR) is 63.1 cm³/mol. The van der Waals surface area contributed by atoms with E-state index in [9.17, 15) is 4.79 Å². The van der Waals surface area contributed by atoms with Gasteiger partial charge < -0.3 is 10.1 Å². The molecule has 2 rings (SSSR count). The molecule has 1 heterocycles. The van der Waals surface area contributed by atoms with E-state index in [-0.39, 0.29) is 17.4 Å². The van der Waals surface area contributed by atoms with Gasteiger partial charge in [0.1, 0.15) is 0 Å². The molecule has 2 atom stereocenters. The lowest BCUT2D eigenvalue weighted by Crippen LogP contribution is -2.43. The first-order chi connectivity index (χ1) is 7.64. The summed E-state index contributed by atoms with van der Waals surface area (Å²) in [7, 11) is 0. The Hall–Kier alpha value is -0.830. The highest BCUT2D eigenvalue weighted by Gasteiger charge is 2.37. The van der Waals surface area contributed by atoms with Crippen LogP contribution >= 0.6 is 0 Å². The molecule has 0 aromatic carbocycles. The van der Waals surface area contributed by atoms with Gasteiger partial charge in [0.2, 0.25) is 5.91 Å². The highest BCUT2D eigenvalue weighted by molar-refractivity contribution is 5.83. The second kappa shape index (κ2) is 4.58. The average Bonchev–Trinajstić information content (AvgIpc) is 2.88. The van der Waals surface area contributed by atoms with Gasteiger partial charge >= 0.3 is 0 Å². The Morgan fingerprint density at radius 3 is 3.06 bits per heavy atom. The summed E-state index contributed by atoms with van der Waals surface area (Å²) in [5, 5.41) is 3.11. The van der Waals surface area contributed by atoms with Gasteiger partial charge in [0.05, 0.1) is 18.1 Å². The monoisotopic (exact) mass is 223 g/mol. The molecule has 1 N–H and O–H groups in total. The lowest BCUT2D eigenvalue weighted by molar-refractivity contribution is -0.130. The fourth-order valence-corrected chi connectivity index (χ4v) is 2.47. The number of allylic oxidation sites excluding steroid dienone is 2. The summed E-state index contributed by atoms with van der Waals surface area (Å²) in [6.45, 7) is 5.67. The molecule has 1 fully saturated rings. The van der Waals surface area contributed by atoms with Gasteiger partial charge in [-0.2, -0.15) is 0 Å². The third kappa shape index (κ3) is 2.29. The molecule has 3 nitrogen and oxygen atoms in total. The van der Waals surface area contributed by atoms with Gasteiger partial charge in [-0.15, -0.1) is 0 Å². The summed E-state index contributed by atoms with van der Waals surface area (Å²) in [6, 6.07) is 0.231. The second-order valence-electron chi connectivity index (χ2n) is 5.19. The summed E-state index contributed by atoms with van der Waals surface area (Å²) in [5.41, 5.74) is 1.20. The number of carbonyl (C=O) groups is 1. The third-order valence-corrected chi connectivity index (χ3v) is 3.73. The van der Waals surface area contributed by atoms with Crippen molar-refractivity contribution in [1.29, 1.82) is 0 Å². The maximum Gasteiger partial charge on any atom is 0.226 e. The minimum Gasteiger partial charge on any atom is -0.379 e. The maximum atomic E-state index is 12.2. The van der Waals surface area contributed by atoms with Crippen LogP contribution < -0.4 is 5.32 Å². The van der Waals surface area contributed by atoms with Crippen LogP contribution in [0.5, 0.6) is 0 Å². The number of ether oxygens (including phenoxy) is 1. The topological polar surface area (TPSA) is 38.3 Å². The molecule has 3 heteroatoms. The molecule has 1 amide bonds. The molecule has 0 radical (unpaired) electrons. The number of hydrogen-bond donors (Lipinski definition) is 1. The standard InChI is InChI=1S/C13H21NO2/c1-3-10-4-6-13(2,8-10)12(15)14-11-5-7-16-9-11/h4,11H,3,5-9H2,1-2H3,(H,14,15). The van der Waals surface area contributed by atoms with Crippen LogP contribution in [0.1, 0.15) is 39.5 Å². The van der Waals surface area contributed by atoms with Crippen molar-refractivity contribution in [3.63, 3.8) is 0 Å². The Kier molecular flexibility index (Phi) is 3.33. The smallest absolute Gasteiger partial charge is 0.226 e. The molecule has 1 aliphatic heterocycles. The predicted octanol–water partition coefficient (Wildman–Crippen LogP) is 2.03. The van der Waals surface area contributed by atoms with E-state index in [4.69, 9.17) is 4.74 Å². The van der Waals surface area contributed by atoms with Gasteiger partial charge in [-0.25, -0.2) is 0 Å². The molecular weight excluding hydrogens is 202 g/mol. The first kappa shape index (κ1) is 11.6. The van der Waals surface area contributed by atoms with E-state index in [1.165, 1.54) is 5.57 Å². The van der Waals surface area contributed by atoms with Crippen molar-refractivity contribution in [2.24, 2.45) is 5.41 Å². The minimum absolute atomic E-state index is 0.197. The lowest BCUT2D eigenvalue weighted by atomic mass is 9.85. The van der Waals surface area contributed by atoms with E-state index in [0.717, 1.165) is 32.3 Å². The van der Waals surface area contributed by atoms with Crippen molar-refractivity contribution in [2.45, 2.75) is 45.6 Å². The fourth-order valence-electron chi connectivity index (χ4n) is 2.47. The third-order valence-electron chi connectivity index (χ3n) is 3.73. The van der Waals surface area contributed by atoms with Gasteiger partial charge in [-0.05, 0) is 25.7 Å². The van der Waals surface area contributed by atoms with Crippen molar-refractivity contribution >= 4 is 5.91 Å². The zero-order valence-electron chi connectivity index (χ0n) is 10.2. The van der Waals surface area contributed by atoms with E-state index in [1.54, 1.807) is 0 Å². The molecule has 2 unspecified atom stereocenters. The van der Waals surface area contributed by atoms with Crippen LogP contribution in [0, 0.1) is 5.41 Å². The molecule has 90 valence electrons. The summed E-state index contributed by atoms with van der Waals surface area (Å²) in [4.78, 5) is 12.2. The van der Waals surface area contributed by atoms with Gasteiger partial charge in [-0.3, -0.25) is 4.79 Å². The first-order valence-corrected chi connectivity index (χ1v) is 6.20. The Morgan fingerprint density at radius 1 is 1.69 bits per heavy atom. The SMILES string of the molecule is CCC1=CCC(C)(C(=O)NC2CCOC2)C1. The van der Waals surface area contributed by atoms with Gasteiger partial charge in [0.15, 0.2) is 0 Å². The highest BCUT2D eigenvalue weighted by Crippen LogP contribution is 2.38. The van der Waals surface area contributed by atoms with Crippen LogP contribution in [0.15, 0.2) is 11.6 Å². The van der Waals surface area contributed by atoms with Gasteiger partial charge in [0, 0.05) is 6.61 Å². The average molecular weight is 223 g/mol. The van der Waals surface area contributed by atoms with Crippen LogP contribution in [0.2, 0.25) is 0 Å². The summed E-state index contributed by atoms with van der Waals surface area (Å²) < 4.78 is 5.27. The number of nitrogens with one attached hydrogen (secondary N) is 1. The molecule has 0 bridgehead atoms. The number of carbonyl (C=O) groups excluding carboxylic acids is 1. The molecule has 0 aromatic rings. The second-order valence-corrected chi connectivity index (χ2v) is 5.19. The van der Waals surface area contributed by atoms with E-state index in [1.807, 2.05) is 0 Å². The fraction of sp³-hybridized carbons (Fsp3) is 0.769. The van der Waals surface area contributed by atoms with Crippen LogP contribution in [-0.2, 0) is 9.53 Å². The summed E-state index contributed by atoms with van der Waals surface area (Å²) in [6.07, 6.45) is 6.05.